The lowest BCUT2D eigenvalue weighted by molar-refractivity contribution is -0.117. The molecule has 0 aromatic heterocycles. The van der Waals surface area contributed by atoms with E-state index in [9.17, 15) is 21.6 Å². The number of nitrogens with zero attached hydrogens (tertiary/aromatic N) is 1. The monoisotopic (exact) mass is 505 g/mol. The standard InChI is InChI=1S/C22H20ClN3O5S2/c23-16-3-5-17(6-4-16)24-32(28,29)20-11-7-18(8-12-20)25-33(30,31)21-13-9-19(10-14-21)26-15-1-2-22(26)27/h3-14,24-25H,1-2,15H2. The molecule has 3 aromatic carbocycles. The molecule has 0 saturated carbocycles. The highest BCUT2D eigenvalue weighted by Gasteiger charge is 2.22. The van der Waals surface area contributed by atoms with E-state index in [1.54, 1.807) is 29.2 Å². The van der Waals surface area contributed by atoms with Crippen molar-refractivity contribution < 1.29 is 21.6 Å². The summed E-state index contributed by atoms with van der Waals surface area (Å²) in [5, 5.41) is 0.480. The number of amides is 1. The van der Waals surface area contributed by atoms with Crippen LogP contribution < -0.4 is 14.3 Å². The van der Waals surface area contributed by atoms with Crippen LogP contribution in [0.2, 0.25) is 5.02 Å². The Kier molecular flexibility index (Phi) is 6.33. The predicted octanol–water partition coefficient (Wildman–Crippen LogP) is 4.07. The number of carbonyl (C=O) groups excluding carboxylic acids is 1. The number of benzene rings is 3. The lowest BCUT2D eigenvalue weighted by Gasteiger charge is -2.16. The summed E-state index contributed by atoms with van der Waals surface area (Å²) < 4.78 is 55.4. The fourth-order valence-corrected chi connectivity index (χ4v) is 5.62. The van der Waals surface area contributed by atoms with E-state index in [0.717, 1.165) is 6.42 Å². The van der Waals surface area contributed by atoms with Crippen molar-refractivity contribution in [1.29, 1.82) is 0 Å². The molecule has 1 heterocycles. The Balaban J connectivity index is 1.46. The van der Waals surface area contributed by atoms with Crippen LogP contribution in [0.4, 0.5) is 17.1 Å². The Morgan fingerprint density at radius 2 is 1.15 bits per heavy atom. The Morgan fingerprint density at radius 1 is 0.697 bits per heavy atom. The van der Waals surface area contributed by atoms with Crippen molar-refractivity contribution in [2.75, 3.05) is 20.9 Å². The molecule has 0 radical (unpaired) electrons. The van der Waals surface area contributed by atoms with Crippen molar-refractivity contribution in [2.24, 2.45) is 0 Å². The molecule has 1 aliphatic heterocycles. The van der Waals surface area contributed by atoms with Crippen molar-refractivity contribution in [2.45, 2.75) is 22.6 Å². The number of carbonyl (C=O) groups is 1. The second-order valence-electron chi connectivity index (χ2n) is 7.39. The number of hydrogen-bond donors (Lipinski definition) is 2. The topological polar surface area (TPSA) is 113 Å². The SMILES string of the molecule is O=C1CCCN1c1ccc(S(=O)(=O)Nc2ccc(S(=O)(=O)Nc3ccc(Cl)cc3)cc2)cc1. The van der Waals surface area contributed by atoms with Crippen LogP contribution in [-0.4, -0.2) is 29.3 Å². The summed E-state index contributed by atoms with van der Waals surface area (Å²) in [5.74, 6) is 0.0179. The second-order valence-corrected chi connectivity index (χ2v) is 11.2. The van der Waals surface area contributed by atoms with Crippen LogP contribution in [0.3, 0.4) is 0 Å². The van der Waals surface area contributed by atoms with Gasteiger partial charge in [-0.1, -0.05) is 11.6 Å². The van der Waals surface area contributed by atoms with Crippen molar-refractivity contribution >= 4 is 54.6 Å². The number of sulfonamides is 2. The first-order chi connectivity index (χ1) is 15.6. The first kappa shape index (κ1) is 23.1. The third kappa shape index (κ3) is 5.29. The molecule has 33 heavy (non-hydrogen) atoms. The van der Waals surface area contributed by atoms with Gasteiger partial charge in [0, 0.05) is 35.1 Å². The van der Waals surface area contributed by atoms with Gasteiger partial charge in [0.1, 0.15) is 0 Å². The summed E-state index contributed by atoms with van der Waals surface area (Å²) in [5.41, 5.74) is 1.21. The molecule has 0 unspecified atom stereocenters. The maximum atomic E-state index is 12.7. The average Bonchev–Trinajstić information content (AvgIpc) is 3.21. The Labute approximate surface area is 197 Å². The zero-order valence-electron chi connectivity index (χ0n) is 17.2. The van der Waals surface area contributed by atoms with Crippen LogP contribution in [-0.2, 0) is 24.8 Å². The normalized spacial score (nSPS) is 14.3. The maximum absolute atomic E-state index is 12.7. The lowest BCUT2D eigenvalue weighted by Crippen LogP contribution is -2.23. The van der Waals surface area contributed by atoms with Gasteiger partial charge in [-0.3, -0.25) is 14.2 Å². The second kappa shape index (κ2) is 9.05. The van der Waals surface area contributed by atoms with E-state index in [-0.39, 0.29) is 21.4 Å². The Morgan fingerprint density at radius 3 is 1.61 bits per heavy atom. The molecular weight excluding hydrogens is 486 g/mol. The zero-order valence-corrected chi connectivity index (χ0v) is 19.6. The van der Waals surface area contributed by atoms with Crippen LogP contribution in [0.25, 0.3) is 0 Å². The molecule has 1 aliphatic rings. The van der Waals surface area contributed by atoms with Gasteiger partial charge in [0.15, 0.2) is 0 Å². The van der Waals surface area contributed by atoms with Crippen LogP contribution in [0.1, 0.15) is 12.8 Å². The minimum atomic E-state index is -3.90. The molecule has 0 aliphatic carbocycles. The molecule has 3 aromatic rings. The summed E-state index contributed by atoms with van der Waals surface area (Å²) in [4.78, 5) is 13.5. The largest absolute Gasteiger partial charge is 0.312 e. The number of rotatable bonds is 7. The molecule has 2 N–H and O–H groups in total. The van der Waals surface area contributed by atoms with E-state index in [1.807, 2.05) is 0 Å². The third-order valence-corrected chi connectivity index (χ3v) is 8.09. The predicted molar refractivity (Wildman–Crippen MR) is 128 cm³/mol. The van der Waals surface area contributed by atoms with Crippen LogP contribution in [0.5, 0.6) is 0 Å². The summed E-state index contributed by atoms with van der Waals surface area (Å²) in [6, 6.07) is 17.6. The molecule has 1 amide bonds. The van der Waals surface area contributed by atoms with E-state index in [2.05, 4.69) is 9.44 Å². The molecule has 1 saturated heterocycles. The molecule has 0 atom stereocenters. The zero-order chi connectivity index (χ0) is 23.6. The van der Waals surface area contributed by atoms with E-state index in [1.165, 1.54) is 48.5 Å². The van der Waals surface area contributed by atoms with Gasteiger partial charge < -0.3 is 4.90 Å². The fraction of sp³-hybridized carbons (Fsp3) is 0.136. The number of anilines is 3. The molecule has 8 nitrogen and oxygen atoms in total. The van der Waals surface area contributed by atoms with Gasteiger partial charge in [-0.05, 0) is 79.2 Å². The van der Waals surface area contributed by atoms with Crippen LogP contribution in [0.15, 0.2) is 82.6 Å². The Bertz CT molecular complexity index is 1370. The molecule has 1 fully saturated rings. The third-order valence-electron chi connectivity index (χ3n) is 5.05. The van der Waals surface area contributed by atoms with Crippen molar-refractivity contribution in [3.63, 3.8) is 0 Å². The number of hydrogen-bond acceptors (Lipinski definition) is 5. The number of nitrogens with one attached hydrogen (secondary N) is 2. The van der Waals surface area contributed by atoms with Crippen molar-refractivity contribution in [1.82, 2.24) is 0 Å². The molecule has 4 rings (SSSR count). The van der Waals surface area contributed by atoms with Gasteiger partial charge in [-0.25, -0.2) is 16.8 Å². The minimum Gasteiger partial charge on any atom is -0.312 e. The molecule has 172 valence electrons. The van der Waals surface area contributed by atoms with E-state index in [0.29, 0.717) is 29.4 Å². The first-order valence-corrected chi connectivity index (χ1v) is 13.3. The highest BCUT2D eigenvalue weighted by molar-refractivity contribution is 7.93. The smallest absolute Gasteiger partial charge is 0.261 e. The maximum Gasteiger partial charge on any atom is 0.261 e. The van der Waals surface area contributed by atoms with E-state index in [4.69, 9.17) is 11.6 Å². The quantitative estimate of drug-likeness (QED) is 0.502. The van der Waals surface area contributed by atoms with Gasteiger partial charge in [0.25, 0.3) is 20.0 Å². The molecule has 0 spiro atoms. The average molecular weight is 506 g/mol. The van der Waals surface area contributed by atoms with Crippen molar-refractivity contribution in [3.8, 4) is 0 Å². The summed E-state index contributed by atoms with van der Waals surface area (Å²) in [6.07, 6.45) is 1.27. The fourth-order valence-electron chi connectivity index (χ4n) is 3.37. The van der Waals surface area contributed by atoms with Gasteiger partial charge in [-0.2, -0.15) is 0 Å². The molecular formula is C22H20ClN3O5S2. The van der Waals surface area contributed by atoms with Crippen LogP contribution >= 0.6 is 11.6 Å². The highest BCUT2D eigenvalue weighted by Crippen LogP contribution is 2.25. The summed E-state index contributed by atoms with van der Waals surface area (Å²) in [7, 11) is -7.76. The van der Waals surface area contributed by atoms with Gasteiger partial charge in [0.2, 0.25) is 5.91 Å². The van der Waals surface area contributed by atoms with Crippen LogP contribution in [0, 0.1) is 0 Å². The van der Waals surface area contributed by atoms with Gasteiger partial charge >= 0.3 is 0 Å². The van der Waals surface area contributed by atoms with Gasteiger partial charge in [0.05, 0.1) is 9.79 Å². The first-order valence-electron chi connectivity index (χ1n) is 9.96. The highest BCUT2D eigenvalue weighted by atomic mass is 35.5. The molecule has 0 bridgehead atoms. The minimum absolute atomic E-state index is 0.0179. The van der Waals surface area contributed by atoms with Gasteiger partial charge in [-0.15, -0.1) is 0 Å². The Hall–Kier alpha value is -3.08. The number of halogens is 1. The van der Waals surface area contributed by atoms with E-state index >= 15 is 0 Å². The lowest BCUT2D eigenvalue weighted by atomic mass is 10.3. The van der Waals surface area contributed by atoms with E-state index < -0.39 is 20.0 Å². The summed E-state index contributed by atoms with van der Waals surface area (Å²) >= 11 is 5.81. The summed E-state index contributed by atoms with van der Waals surface area (Å²) in [6.45, 7) is 0.616. The molecule has 11 heteroatoms. The van der Waals surface area contributed by atoms with Crippen molar-refractivity contribution in [3.05, 3.63) is 77.8 Å².